The van der Waals surface area contributed by atoms with Crippen LogP contribution in [0.5, 0.6) is 0 Å². The van der Waals surface area contributed by atoms with Gasteiger partial charge >= 0.3 is 5.97 Å². The number of hydrogen-bond acceptors (Lipinski definition) is 2. The van der Waals surface area contributed by atoms with E-state index < -0.39 is 5.97 Å². The summed E-state index contributed by atoms with van der Waals surface area (Å²) < 4.78 is 0.526. The van der Waals surface area contributed by atoms with E-state index in [0.717, 1.165) is 5.56 Å². The molecule has 18 heavy (non-hydrogen) atoms. The second-order valence-electron chi connectivity index (χ2n) is 4.23. The van der Waals surface area contributed by atoms with Crippen molar-refractivity contribution in [1.82, 2.24) is 0 Å². The lowest BCUT2D eigenvalue weighted by Gasteiger charge is -2.19. The van der Waals surface area contributed by atoms with E-state index in [2.05, 4.69) is 31.9 Å². The summed E-state index contributed by atoms with van der Waals surface area (Å²) in [5, 5.41) is 9.10. The fourth-order valence-electron chi connectivity index (χ4n) is 2.01. The number of carbonyl (C=O) groups excluding carboxylic acids is 1. The van der Waals surface area contributed by atoms with Crippen LogP contribution in [0.15, 0.2) is 16.6 Å². The number of nitrogens with zero attached hydrogens (tertiary/aromatic N) is 1. The molecule has 1 saturated heterocycles. The van der Waals surface area contributed by atoms with Gasteiger partial charge in [0.2, 0.25) is 5.91 Å². The molecule has 0 aromatic heterocycles. The number of carbonyl (C=O) groups is 2. The Hall–Kier alpha value is -0.880. The first kappa shape index (κ1) is 13.5. The molecule has 0 aliphatic carbocycles. The zero-order chi connectivity index (χ0) is 13.4. The first-order valence-corrected chi connectivity index (χ1v) is 7.09. The minimum Gasteiger partial charge on any atom is -0.478 e. The van der Waals surface area contributed by atoms with E-state index in [-0.39, 0.29) is 16.3 Å². The summed E-state index contributed by atoms with van der Waals surface area (Å²) >= 11 is 6.64. The Morgan fingerprint density at radius 3 is 2.67 bits per heavy atom. The first-order valence-electron chi connectivity index (χ1n) is 5.38. The smallest absolute Gasteiger partial charge is 0.336 e. The molecule has 0 saturated carbocycles. The van der Waals surface area contributed by atoms with Crippen LogP contribution in [0.3, 0.4) is 0 Å². The van der Waals surface area contributed by atoms with Gasteiger partial charge in [-0.1, -0.05) is 15.9 Å². The molecule has 1 aromatic rings. The second-order valence-corrected chi connectivity index (χ2v) is 6.38. The van der Waals surface area contributed by atoms with Gasteiger partial charge in [-0.2, -0.15) is 0 Å². The van der Waals surface area contributed by atoms with Crippen molar-refractivity contribution in [2.45, 2.75) is 18.2 Å². The van der Waals surface area contributed by atoms with E-state index in [9.17, 15) is 9.59 Å². The molecule has 1 atom stereocenters. The van der Waals surface area contributed by atoms with Gasteiger partial charge in [0.15, 0.2) is 0 Å². The van der Waals surface area contributed by atoms with Gasteiger partial charge in [-0.05, 0) is 40.5 Å². The molecule has 1 aromatic carbocycles. The zero-order valence-corrected chi connectivity index (χ0v) is 12.8. The lowest BCUT2D eigenvalue weighted by Crippen LogP contribution is -2.25. The van der Waals surface area contributed by atoms with Crippen LogP contribution in [0.4, 0.5) is 5.69 Å². The summed E-state index contributed by atoms with van der Waals surface area (Å²) in [5.41, 5.74) is 1.71. The molecule has 1 fully saturated rings. The van der Waals surface area contributed by atoms with Crippen molar-refractivity contribution in [3.05, 3.63) is 27.7 Å². The highest BCUT2D eigenvalue weighted by molar-refractivity contribution is 9.10. The van der Waals surface area contributed by atoms with E-state index in [1.807, 2.05) is 6.92 Å². The number of rotatable bonds is 2. The highest BCUT2D eigenvalue weighted by atomic mass is 79.9. The zero-order valence-electron chi connectivity index (χ0n) is 9.61. The Labute approximate surface area is 121 Å². The van der Waals surface area contributed by atoms with Gasteiger partial charge in [0.05, 0.1) is 5.56 Å². The third kappa shape index (κ3) is 2.44. The maximum atomic E-state index is 11.8. The summed E-state index contributed by atoms with van der Waals surface area (Å²) in [4.78, 5) is 24.7. The van der Waals surface area contributed by atoms with Crippen LogP contribution in [0.25, 0.3) is 0 Å². The predicted molar refractivity (Wildman–Crippen MR) is 75.5 cm³/mol. The number of aryl methyl sites for hydroxylation is 1. The minimum absolute atomic E-state index is 0.0126. The fourth-order valence-corrected chi connectivity index (χ4v) is 3.21. The molecular formula is C12H11Br2NO3. The number of hydrogen-bond donors (Lipinski definition) is 1. The highest BCUT2D eigenvalue weighted by Gasteiger charge is 2.30. The summed E-state index contributed by atoms with van der Waals surface area (Å²) in [6, 6.07) is 3.28. The number of halogens is 2. The first-order chi connectivity index (χ1) is 8.40. The maximum Gasteiger partial charge on any atom is 0.336 e. The van der Waals surface area contributed by atoms with Crippen molar-refractivity contribution in [1.29, 1.82) is 0 Å². The predicted octanol–water partition coefficient (Wildman–Crippen LogP) is 2.96. The van der Waals surface area contributed by atoms with Crippen molar-refractivity contribution in [3.63, 3.8) is 0 Å². The van der Waals surface area contributed by atoms with Crippen LogP contribution >= 0.6 is 31.9 Å². The molecule has 0 radical (unpaired) electrons. The van der Waals surface area contributed by atoms with E-state index in [4.69, 9.17) is 5.11 Å². The molecule has 1 heterocycles. The second kappa shape index (κ2) is 5.01. The highest BCUT2D eigenvalue weighted by Crippen LogP contribution is 2.32. The van der Waals surface area contributed by atoms with Crippen LogP contribution < -0.4 is 4.90 Å². The van der Waals surface area contributed by atoms with Crippen LogP contribution in [-0.4, -0.2) is 28.4 Å². The number of alkyl halides is 1. The number of aromatic carboxylic acids is 1. The SMILES string of the molecule is Cc1cc(Br)c(C(=O)O)cc1N1CC(Br)CC1=O. The number of anilines is 1. The van der Waals surface area contributed by atoms with Crippen molar-refractivity contribution in [3.8, 4) is 0 Å². The molecule has 2 rings (SSSR count). The number of carboxylic acid groups (broad SMARTS) is 1. The van der Waals surface area contributed by atoms with E-state index in [1.165, 1.54) is 0 Å². The Morgan fingerprint density at radius 1 is 1.50 bits per heavy atom. The molecule has 1 aliphatic rings. The van der Waals surface area contributed by atoms with Crippen molar-refractivity contribution >= 4 is 49.4 Å². The quantitative estimate of drug-likeness (QED) is 0.807. The number of amides is 1. The van der Waals surface area contributed by atoms with Crippen LogP contribution in [0.2, 0.25) is 0 Å². The Kier molecular flexibility index (Phi) is 3.77. The third-order valence-corrected chi connectivity index (χ3v) is 4.15. The summed E-state index contributed by atoms with van der Waals surface area (Å²) in [6.07, 6.45) is 0.442. The normalized spacial score (nSPS) is 19.4. The van der Waals surface area contributed by atoms with Gasteiger partial charge < -0.3 is 10.0 Å². The number of benzene rings is 1. The molecule has 6 heteroatoms. The molecule has 96 valence electrons. The van der Waals surface area contributed by atoms with Crippen LogP contribution in [-0.2, 0) is 4.79 Å². The third-order valence-electron chi connectivity index (χ3n) is 2.88. The van der Waals surface area contributed by atoms with Gasteiger partial charge in [0.25, 0.3) is 0 Å². The molecule has 1 unspecified atom stereocenters. The van der Waals surface area contributed by atoms with Gasteiger partial charge in [-0.3, -0.25) is 4.79 Å². The largest absolute Gasteiger partial charge is 0.478 e. The molecule has 1 N–H and O–H groups in total. The molecule has 4 nitrogen and oxygen atoms in total. The summed E-state index contributed by atoms with van der Waals surface area (Å²) in [6.45, 7) is 2.43. The van der Waals surface area contributed by atoms with Crippen LogP contribution in [0.1, 0.15) is 22.3 Å². The summed E-state index contributed by atoms with van der Waals surface area (Å²) in [5.74, 6) is -0.996. The Balaban J connectivity index is 2.48. The van der Waals surface area contributed by atoms with Crippen molar-refractivity contribution < 1.29 is 14.7 Å². The van der Waals surface area contributed by atoms with E-state index >= 15 is 0 Å². The average molecular weight is 377 g/mol. The van der Waals surface area contributed by atoms with E-state index in [1.54, 1.807) is 17.0 Å². The topological polar surface area (TPSA) is 57.6 Å². The van der Waals surface area contributed by atoms with Gasteiger partial charge in [0.1, 0.15) is 0 Å². The Bertz CT molecular complexity index is 530. The van der Waals surface area contributed by atoms with E-state index in [0.29, 0.717) is 23.1 Å². The average Bonchev–Trinajstić information content (AvgIpc) is 2.57. The van der Waals surface area contributed by atoms with Gasteiger partial charge in [-0.15, -0.1) is 0 Å². The minimum atomic E-state index is -1.01. The fraction of sp³-hybridized carbons (Fsp3) is 0.333. The molecule has 1 aliphatic heterocycles. The standard InChI is InChI=1S/C12H11Br2NO3/c1-6-2-9(14)8(12(17)18)4-10(6)15-5-7(13)3-11(15)16/h2,4,7H,3,5H2,1H3,(H,17,18). The number of carboxylic acids is 1. The Morgan fingerprint density at radius 2 is 2.17 bits per heavy atom. The molecule has 1 amide bonds. The molecule has 0 spiro atoms. The lowest BCUT2D eigenvalue weighted by molar-refractivity contribution is -0.117. The van der Waals surface area contributed by atoms with Crippen molar-refractivity contribution in [2.75, 3.05) is 11.4 Å². The molecular weight excluding hydrogens is 366 g/mol. The van der Waals surface area contributed by atoms with Gasteiger partial charge in [0, 0.05) is 28.0 Å². The van der Waals surface area contributed by atoms with Crippen molar-refractivity contribution in [2.24, 2.45) is 0 Å². The summed E-state index contributed by atoms with van der Waals surface area (Å²) in [7, 11) is 0. The monoisotopic (exact) mass is 375 g/mol. The van der Waals surface area contributed by atoms with Gasteiger partial charge in [-0.25, -0.2) is 4.79 Å². The maximum absolute atomic E-state index is 11.8. The van der Waals surface area contributed by atoms with Crippen LogP contribution in [0, 0.1) is 6.92 Å². The molecule has 0 bridgehead atoms. The lowest BCUT2D eigenvalue weighted by atomic mass is 10.1.